The number of benzene rings is 3. The molecule has 0 saturated carbocycles. The predicted octanol–water partition coefficient (Wildman–Crippen LogP) is 4.75. The largest absolute Gasteiger partial charge is 0.493 e. The number of hydrogen-bond donors (Lipinski definition) is 0. The van der Waals surface area contributed by atoms with Gasteiger partial charge >= 0.3 is 0 Å². The highest BCUT2D eigenvalue weighted by atomic mass is 32.2. The van der Waals surface area contributed by atoms with Gasteiger partial charge in [-0.05, 0) is 41.0 Å². The number of carbonyl (C=O) groups is 2. The minimum absolute atomic E-state index is 0.0543. The maximum absolute atomic E-state index is 13.0. The number of nitrogens with zero attached hydrogens (tertiary/aromatic N) is 2. The van der Waals surface area contributed by atoms with Crippen LogP contribution in [0.5, 0.6) is 11.5 Å². The Morgan fingerprint density at radius 2 is 1.68 bits per heavy atom. The van der Waals surface area contributed by atoms with Crippen molar-refractivity contribution >= 4 is 23.6 Å². The van der Waals surface area contributed by atoms with Crippen molar-refractivity contribution in [2.45, 2.75) is 18.5 Å². The molecular formula is C27H28N2O4S. The van der Waals surface area contributed by atoms with Gasteiger partial charge < -0.3 is 19.3 Å². The van der Waals surface area contributed by atoms with E-state index >= 15 is 0 Å². The van der Waals surface area contributed by atoms with E-state index in [4.69, 9.17) is 9.47 Å². The summed E-state index contributed by atoms with van der Waals surface area (Å²) in [5, 5.41) is -0.0543. The second-order valence-corrected chi connectivity index (χ2v) is 9.21. The molecule has 1 saturated heterocycles. The Kier molecular flexibility index (Phi) is 7.43. The molecule has 4 rings (SSSR count). The van der Waals surface area contributed by atoms with Crippen molar-refractivity contribution < 1.29 is 19.1 Å². The van der Waals surface area contributed by atoms with Gasteiger partial charge in [0.2, 0.25) is 5.91 Å². The van der Waals surface area contributed by atoms with Crippen molar-refractivity contribution in [1.82, 2.24) is 9.80 Å². The summed E-state index contributed by atoms with van der Waals surface area (Å²) in [5.74, 6) is 1.81. The number of methoxy groups -OCH3 is 2. The van der Waals surface area contributed by atoms with E-state index in [0.29, 0.717) is 35.9 Å². The molecule has 2 amide bonds. The lowest BCUT2D eigenvalue weighted by Gasteiger charge is -2.25. The number of amides is 2. The Balaban J connectivity index is 1.44. The summed E-state index contributed by atoms with van der Waals surface area (Å²) in [5.41, 5.74) is 3.68. The summed E-state index contributed by atoms with van der Waals surface area (Å²) in [4.78, 5) is 29.1. The van der Waals surface area contributed by atoms with Gasteiger partial charge in [0.15, 0.2) is 11.5 Å². The van der Waals surface area contributed by atoms with Crippen LogP contribution in [0.1, 0.15) is 32.4 Å². The number of thioether (sulfide) groups is 1. The number of ether oxygens (including phenoxy) is 2. The average molecular weight is 477 g/mol. The summed E-state index contributed by atoms with van der Waals surface area (Å²) >= 11 is 1.62. The molecule has 1 aliphatic rings. The highest BCUT2D eigenvalue weighted by Gasteiger charge is 2.32. The molecule has 176 valence electrons. The smallest absolute Gasteiger partial charge is 0.253 e. The fourth-order valence-electron chi connectivity index (χ4n) is 4.02. The minimum atomic E-state index is -0.0716. The molecule has 7 heteroatoms. The van der Waals surface area contributed by atoms with Gasteiger partial charge in [-0.2, -0.15) is 0 Å². The molecule has 0 radical (unpaired) electrons. The molecule has 3 aromatic rings. The number of rotatable bonds is 8. The van der Waals surface area contributed by atoms with Gasteiger partial charge in [-0.25, -0.2) is 0 Å². The molecule has 1 fully saturated rings. The number of carbonyl (C=O) groups excluding carboxylic acids is 2. The molecule has 1 aliphatic heterocycles. The quantitative estimate of drug-likeness (QED) is 0.470. The van der Waals surface area contributed by atoms with Crippen molar-refractivity contribution in [3.8, 4) is 11.5 Å². The minimum Gasteiger partial charge on any atom is -0.493 e. The zero-order chi connectivity index (χ0) is 24.1. The third-order valence-electron chi connectivity index (χ3n) is 5.82. The molecule has 0 spiro atoms. The first kappa shape index (κ1) is 23.7. The van der Waals surface area contributed by atoms with E-state index in [2.05, 4.69) is 0 Å². The Morgan fingerprint density at radius 1 is 0.971 bits per heavy atom. The van der Waals surface area contributed by atoms with Crippen LogP contribution in [0.4, 0.5) is 0 Å². The maximum atomic E-state index is 13.0. The van der Waals surface area contributed by atoms with Crippen LogP contribution < -0.4 is 9.47 Å². The van der Waals surface area contributed by atoms with Crippen LogP contribution in [-0.2, 0) is 17.9 Å². The van der Waals surface area contributed by atoms with Crippen LogP contribution in [0.15, 0.2) is 72.8 Å². The summed E-state index contributed by atoms with van der Waals surface area (Å²) in [6.45, 7) is 1.02. The third-order valence-corrected chi connectivity index (χ3v) is 7.08. The first-order valence-corrected chi connectivity index (χ1v) is 12.1. The van der Waals surface area contributed by atoms with Gasteiger partial charge in [0.25, 0.3) is 5.91 Å². The fourth-order valence-corrected chi connectivity index (χ4v) is 5.20. The van der Waals surface area contributed by atoms with Gasteiger partial charge in [-0.15, -0.1) is 11.8 Å². The Morgan fingerprint density at radius 3 is 2.35 bits per heavy atom. The Bertz CT molecular complexity index is 1150. The Labute approximate surface area is 204 Å². The van der Waals surface area contributed by atoms with Crippen molar-refractivity contribution in [1.29, 1.82) is 0 Å². The van der Waals surface area contributed by atoms with E-state index in [9.17, 15) is 9.59 Å². The van der Waals surface area contributed by atoms with Gasteiger partial charge in [0.1, 0.15) is 5.37 Å². The molecule has 0 bridgehead atoms. The van der Waals surface area contributed by atoms with Crippen LogP contribution in [0, 0.1) is 0 Å². The van der Waals surface area contributed by atoms with Gasteiger partial charge in [0, 0.05) is 25.7 Å². The molecule has 0 N–H and O–H groups in total. The Hall–Kier alpha value is -3.45. The zero-order valence-corrected chi connectivity index (χ0v) is 20.4. The maximum Gasteiger partial charge on any atom is 0.253 e. The lowest BCUT2D eigenvalue weighted by Crippen LogP contribution is -2.28. The number of hydrogen-bond acceptors (Lipinski definition) is 5. The summed E-state index contributed by atoms with van der Waals surface area (Å²) in [6.07, 6.45) is 0. The molecule has 0 unspecified atom stereocenters. The average Bonchev–Trinajstić information content (AvgIpc) is 3.23. The predicted molar refractivity (Wildman–Crippen MR) is 134 cm³/mol. The van der Waals surface area contributed by atoms with Crippen LogP contribution in [0.2, 0.25) is 0 Å². The summed E-state index contributed by atoms with van der Waals surface area (Å²) < 4.78 is 10.6. The van der Waals surface area contributed by atoms with E-state index in [0.717, 1.165) is 16.7 Å². The van der Waals surface area contributed by atoms with E-state index in [-0.39, 0.29) is 17.2 Å². The highest BCUT2D eigenvalue weighted by molar-refractivity contribution is 8.00. The highest BCUT2D eigenvalue weighted by Crippen LogP contribution is 2.39. The fraction of sp³-hybridized carbons (Fsp3) is 0.259. The second-order valence-electron chi connectivity index (χ2n) is 8.14. The normalized spacial score (nSPS) is 15.3. The van der Waals surface area contributed by atoms with E-state index < -0.39 is 0 Å². The lowest BCUT2D eigenvalue weighted by molar-refractivity contribution is -0.128. The molecular weight excluding hydrogens is 448 g/mol. The monoisotopic (exact) mass is 476 g/mol. The summed E-state index contributed by atoms with van der Waals surface area (Å²) in [7, 11) is 4.97. The van der Waals surface area contributed by atoms with Crippen LogP contribution in [-0.4, -0.2) is 48.6 Å². The van der Waals surface area contributed by atoms with Crippen LogP contribution in [0.25, 0.3) is 0 Å². The van der Waals surface area contributed by atoms with E-state index in [1.54, 1.807) is 37.9 Å². The molecule has 6 nitrogen and oxygen atoms in total. The molecule has 1 atom stereocenters. The van der Waals surface area contributed by atoms with Crippen molar-refractivity contribution in [2.75, 3.05) is 27.0 Å². The third kappa shape index (κ3) is 5.20. The van der Waals surface area contributed by atoms with E-state index in [1.807, 2.05) is 77.7 Å². The zero-order valence-electron chi connectivity index (χ0n) is 19.6. The molecule has 34 heavy (non-hydrogen) atoms. The molecule has 3 aromatic carbocycles. The summed E-state index contributed by atoms with van der Waals surface area (Å²) in [6, 6.07) is 23.2. The molecule has 1 heterocycles. The standard InChI is InChI=1S/C27H28N2O4S/c1-28(16-20-9-14-23(32-2)24(15-20)33-3)26(31)21-10-12-22(13-11-21)27-29(25(30)18-34-27)17-19-7-5-4-6-8-19/h4-15,27H,16-18H2,1-3H3/t27-/m1/s1. The van der Waals surface area contributed by atoms with Crippen molar-refractivity contribution in [3.05, 3.63) is 95.1 Å². The van der Waals surface area contributed by atoms with Crippen molar-refractivity contribution in [2.24, 2.45) is 0 Å². The first-order valence-electron chi connectivity index (χ1n) is 11.0. The van der Waals surface area contributed by atoms with Gasteiger partial charge in [-0.3, -0.25) is 9.59 Å². The molecule has 0 aliphatic carbocycles. The second kappa shape index (κ2) is 10.7. The molecule has 0 aromatic heterocycles. The SMILES string of the molecule is COc1ccc(CN(C)C(=O)c2ccc([C@H]3SCC(=O)N3Cc3ccccc3)cc2)cc1OC. The topological polar surface area (TPSA) is 59.1 Å². The van der Waals surface area contributed by atoms with Crippen molar-refractivity contribution in [3.63, 3.8) is 0 Å². The van der Waals surface area contributed by atoms with Crippen LogP contribution in [0.3, 0.4) is 0 Å². The lowest BCUT2D eigenvalue weighted by atomic mass is 10.1. The first-order chi connectivity index (χ1) is 16.5. The van der Waals surface area contributed by atoms with Gasteiger partial charge in [-0.1, -0.05) is 48.5 Å². The van der Waals surface area contributed by atoms with Crippen LogP contribution >= 0.6 is 11.8 Å². The van der Waals surface area contributed by atoms with Gasteiger partial charge in [0.05, 0.1) is 20.0 Å². The van der Waals surface area contributed by atoms with E-state index in [1.165, 1.54) is 0 Å².